The normalized spacial score (nSPS) is 15.0. The molecule has 4 aromatic rings. The van der Waals surface area contributed by atoms with E-state index in [0.717, 1.165) is 27.0 Å². The Kier molecular flexibility index (Phi) is 4.12. The number of nitrogens with zero attached hydrogens (tertiary/aromatic N) is 5. The van der Waals surface area contributed by atoms with Gasteiger partial charge in [-0.2, -0.15) is 5.10 Å². The summed E-state index contributed by atoms with van der Waals surface area (Å²) in [5.74, 6) is -0.250. The average Bonchev–Trinajstić information content (AvgIpc) is 3.42. The summed E-state index contributed by atoms with van der Waals surface area (Å²) < 4.78 is 16.9. The number of rotatable bonds is 5. The molecule has 0 radical (unpaired) electrons. The molecule has 1 aliphatic rings. The van der Waals surface area contributed by atoms with Crippen molar-refractivity contribution in [2.24, 2.45) is 0 Å². The van der Waals surface area contributed by atoms with Crippen molar-refractivity contribution in [3.8, 4) is 11.3 Å². The molecule has 3 aromatic heterocycles. The van der Waals surface area contributed by atoms with Crippen LogP contribution in [-0.4, -0.2) is 24.4 Å². The van der Waals surface area contributed by atoms with E-state index in [0.29, 0.717) is 12.6 Å². The largest absolute Gasteiger partial charge is 0.354 e. The van der Waals surface area contributed by atoms with Crippen molar-refractivity contribution in [2.45, 2.75) is 38.3 Å². The van der Waals surface area contributed by atoms with E-state index in [1.54, 1.807) is 16.6 Å². The molecule has 0 aliphatic heterocycles. The molecule has 8 heteroatoms. The average molecular weight is 382 g/mol. The number of hydrogen-bond acceptors (Lipinski definition) is 5. The predicted molar refractivity (Wildman–Crippen MR) is 103 cm³/mol. The van der Waals surface area contributed by atoms with Gasteiger partial charge in [0.1, 0.15) is 5.82 Å². The number of aromatic nitrogens is 5. The van der Waals surface area contributed by atoms with Crippen LogP contribution in [0.2, 0.25) is 0 Å². The van der Waals surface area contributed by atoms with Crippen LogP contribution in [0.15, 0.2) is 42.7 Å². The summed E-state index contributed by atoms with van der Waals surface area (Å²) in [6.45, 7) is 0.640. The highest BCUT2D eigenvalue weighted by Gasteiger charge is 2.17. The van der Waals surface area contributed by atoms with Gasteiger partial charge >= 0.3 is 0 Å². The van der Waals surface area contributed by atoms with E-state index in [1.165, 1.54) is 49.2 Å². The van der Waals surface area contributed by atoms with E-state index in [1.807, 2.05) is 6.20 Å². The molecule has 0 unspecified atom stereocenters. The third kappa shape index (κ3) is 3.32. The molecule has 1 fully saturated rings. The van der Waals surface area contributed by atoms with Crippen molar-refractivity contribution in [3.63, 3.8) is 0 Å². The third-order valence-corrected chi connectivity index (χ3v) is 5.85. The minimum atomic E-state index is -0.250. The highest BCUT2D eigenvalue weighted by molar-refractivity contribution is 7.20. The van der Waals surface area contributed by atoms with Gasteiger partial charge in [0.25, 0.3) is 0 Å². The van der Waals surface area contributed by atoms with Gasteiger partial charge in [-0.05, 0) is 43.2 Å². The minimum Gasteiger partial charge on any atom is -0.354 e. The Labute approximate surface area is 159 Å². The Morgan fingerprint density at radius 1 is 1.11 bits per heavy atom. The van der Waals surface area contributed by atoms with Crippen molar-refractivity contribution in [2.75, 3.05) is 5.32 Å². The standard InChI is InChI=1S/C19H19FN6S/c20-14-7-5-13(6-8-14)17-12-26-19(22-17)27-18(24-26)21-11-15-9-10-25(23-15)16-3-1-2-4-16/h5-10,12,16H,1-4,11H2,(H,21,24). The van der Waals surface area contributed by atoms with Gasteiger partial charge in [0, 0.05) is 11.8 Å². The molecule has 0 bridgehead atoms. The molecule has 0 saturated heterocycles. The Morgan fingerprint density at radius 2 is 1.93 bits per heavy atom. The van der Waals surface area contributed by atoms with Gasteiger partial charge in [0.05, 0.1) is 30.2 Å². The van der Waals surface area contributed by atoms with Crippen molar-refractivity contribution in [1.82, 2.24) is 24.4 Å². The van der Waals surface area contributed by atoms with Crippen LogP contribution in [0.1, 0.15) is 37.4 Å². The predicted octanol–water partition coefficient (Wildman–Crippen LogP) is 4.52. The van der Waals surface area contributed by atoms with Gasteiger partial charge in [-0.25, -0.2) is 13.9 Å². The zero-order valence-electron chi connectivity index (χ0n) is 14.7. The van der Waals surface area contributed by atoms with Crippen LogP contribution >= 0.6 is 11.3 Å². The Balaban J connectivity index is 1.27. The quantitative estimate of drug-likeness (QED) is 0.551. The monoisotopic (exact) mass is 382 g/mol. The first kappa shape index (κ1) is 16.4. The summed E-state index contributed by atoms with van der Waals surface area (Å²) in [5, 5.41) is 13.3. The van der Waals surface area contributed by atoms with E-state index >= 15 is 0 Å². The maximum absolute atomic E-state index is 13.1. The highest BCUT2D eigenvalue weighted by Crippen LogP contribution is 2.29. The van der Waals surface area contributed by atoms with Gasteiger partial charge in [0.15, 0.2) is 0 Å². The molecule has 1 aromatic carbocycles. The fourth-order valence-electron chi connectivity index (χ4n) is 3.54. The van der Waals surface area contributed by atoms with E-state index < -0.39 is 0 Å². The molecule has 1 aliphatic carbocycles. The fraction of sp³-hybridized carbons (Fsp3) is 0.316. The minimum absolute atomic E-state index is 0.250. The van der Waals surface area contributed by atoms with Crippen LogP contribution in [-0.2, 0) is 6.54 Å². The Hall–Kier alpha value is -2.74. The lowest BCUT2D eigenvalue weighted by molar-refractivity contribution is 0.463. The highest BCUT2D eigenvalue weighted by atomic mass is 32.1. The molecule has 6 nitrogen and oxygen atoms in total. The Morgan fingerprint density at radius 3 is 2.70 bits per heavy atom. The SMILES string of the molecule is Fc1ccc(-c2cn3nc(NCc4ccn(C5CCCC5)n4)sc3n2)cc1. The molecule has 1 N–H and O–H groups in total. The van der Waals surface area contributed by atoms with Crippen molar-refractivity contribution >= 4 is 21.4 Å². The number of halogens is 1. The molecular weight excluding hydrogens is 363 g/mol. The molecular formula is C19H19FN6S. The zero-order valence-corrected chi connectivity index (χ0v) is 15.5. The van der Waals surface area contributed by atoms with E-state index in [2.05, 4.69) is 37.4 Å². The van der Waals surface area contributed by atoms with Crippen molar-refractivity contribution in [3.05, 3.63) is 54.2 Å². The number of nitrogens with one attached hydrogen (secondary N) is 1. The Bertz CT molecular complexity index is 1030. The van der Waals surface area contributed by atoms with E-state index in [4.69, 9.17) is 0 Å². The van der Waals surface area contributed by atoms with Gasteiger partial charge < -0.3 is 5.32 Å². The summed E-state index contributed by atoms with van der Waals surface area (Å²) in [5.41, 5.74) is 2.68. The second-order valence-electron chi connectivity index (χ2n) is 6.85. The molecule has 5 rings (SSSR count). The van der Waals surface area contributed by atoms with Gasteiger partial charge in [-0.15, -0.1) is 5.10 Å². The first-order valence-electron chi connectivity index (χ1n) is 9.15. The van der Waals surface area contributed by atoms with Gasteiger partial charge in [0.2, 0.25) is 10.1 Å². The summed E-state index contributed by atoms with van der Waals surface area (Å²) in [7, 11) is 0. The number of fused-ring (bicyclic) bond motifs is 1. The third-order valence-electron chi connectivity index (χ3n) is 4.97. The van der Waals surface area contributed by atoms with Crippen LogP contribution in [0.5, 0.6) is 0 Å². The summed E-state index contributed by atoms with van der Waals surface area (Å²) in [4.78, 5) is 5.38. The number of imidazole rings is 1. The smallest absolute Gasteiger partial charge is 0.214 e. The van der Waals surface area contributed by atoms with Gasteiger partial charge in [-0.3, -0.25) is 4.68 Å². The van der Waals surface area contributed by atoms with Gasteiger partial charge in [-0.1, -0.05) is 24.2 Å². The van der Waals surface area contributed by atoms with E-state index in [-0.39, 0.29) is 5.82 Å². The topological polar surface area (TPSA) is 60.0 Å². The van der Waals surface area contributed by atoms with Crippen molar-refractivity contribution in [1.29, 1.82) is 0 Å². The van der Waals surface area contributed by atoms with Crippen LogP contribution in [0, 0.1) is 5.82 Å². The number of hydrogen-bond donors (Lipinski definition) is 1. The molecule has 3 heterocycles. The van der Waals surface area contributed by atoms with Crippen LogP contribution < -0.4 is 5.32 Å². The van der Waals surface area contributed by atoms with Crippen LogP contribution in [0.4, 0.5) is 9.52 Å². The first-order valence-corrected chi connectivity index (χ1v) is 9.96. The lowest BCUT2D eigenvalue weighted by Gasteiger charge is -2.08. The first-order chi connectivity index (χ1) is 13.2. The lowest BCUT2D eigenvalue weighted by Crippen LogP contribution is -2.07. The summed E-state index contributed by atoms with van der Waals surface area (Å²) in [6.07, 6.45) is 9.01. The maximum Gasteiger partial charge on any atom is 0.214 e. The van der Waals surface area contributed by atoms with Crippen molar-refractivity contribution < 1.29 is 4.39 Å². The summed E-state index contributed by atoms with van der Waals surface area (Å²) in [6, 6.07) is 8.95. The van der Waals surface area contributed by atoms with Crippen LogP contribution in [0.25, 0.3) is 16.2 Å². The molecule has 0 spiro atoms. The lowest BCUT2D eigenvalue weighted by atomic mass is 10.2. The summed E-state index contributed by atoms with van der Waals surface area (Å²) >= 11 is 1.49. The second kappa shape index (κ2) is 6.77. The molecule has 138 valence electrons. The molecule has 1 saturated carbocycles. The van der Waals surface area contributed by atoms with Crippen LogP contribution in [0.3, 0.4) is 0 Å². The zero-order chi connectivity index (χ0) is 18.2. The molecule has 27 heavy (non-hydrogen) atoms. The maximum atomic E-state index is 13.1. The number of benzene rings is 1. The molecule has 0 atom stereocenters. The van der Waals surface area contributed by atoms with E-state index in [9.17, 15) is 4.39 Å². The second-order valence-corrected chi connectivity index (χ2v) is 7.80. The fourth-order valence-corrected chi connectivity index (χ4v) is 4.32. The number of anilines is 1. The molecule has 0 amide bonds.